The van der Waals surface area contributed by atoms with Crippen molar-refractivity contribution < 1.29 is 31.8 Å². The molecule has 118 valence electrons. The third-order valence-electron chi connectivity index (χ3n) is 2.26. The number of sulfonamides is 1. The van der Waals surface area contributed by atoms with E-state index in [2.05, 4.69) is 9.46 Å². The highest BCUT2D eigenvalue weighted by atomic mass is 127. The third kappa shape index (κ3) is 5.80. The van der Waals surface area contributed by atoms with Crippen LogP contribution in [0.1, 0.15) is 10.4 Å². The molecule has 10 heteroatoms. The van der Waals surface area contributed by atoms with Crippen LogP contribution in [0.5, 0.6) is 0 Å². The number of hydrogen-bond donors (Lipinski definition) is 2. The molecule has 0 saturated carbocycles. The van der Waals surface area contributed by atoms with Crippen LogP contribution in [0, 0.1) is 3.57 Å². The summed E-state index contributed by atoms with van der Waals surface area (Å²) in [5.41, 5.74) is -0.132. The number of nitrogens with one attached hydrogen (secondary N) is 1. The molecule has 0 aliphatic heterocycles. The Morgan fingerprint density at radius 3 is 2.67 bits per heavy atom. The molecular formula is C11H12F2INO5S. The molecule has 0 aliphatic carbocycles. The van der Waals surface area contributed by atoms with Crippen LogP contribution >= 0.6 is 22.6 Å². The Morgan fingerprint density at radius 2 is 2.10 bits per heavy atom. The molecule has 0 unspecified atom stereocenters. The van der Waals surface area contributed by atoms with Crippen molar-refractivity contribution in [2.75, 3.05) is 19.8 Å². The standard InChI is InChI=1S/C11H12F2INO5S/c12-10(13)6-20-4-3-15-21(18,19)7-1-2-9(14)8(5-7)11(16)17/h1-2,5,10,15H,3-4,6H2,(H,16,17). The van der Waals surface area contributed by atoms with E-state index in [-0.39, 0.29) is 23.6 Å². The second kappa shape index (κ2) is 7.96. The summed E-state index contributed by atoms with van der Waals surface area (Å²) in [6, 6.07) is 3.66. The molecule has 1 aromatic carbocycles. The fourth-order valence-corrected chi connectivity index (χ4v) is 2.94. The maximum absolute atomic E-state index is 11.9. The average Bonchev–Trinajstić information content (AvgIpc) is 2.37. The number of benzene rings is 1. The fourth-order valence-electron chi connectivity index (χ4n) is 1.34. The molecule has 0 aliphatic rings. The van der Waals surface area contributed by atoms with E-state index in [9.17, 15) is 22.0 Å². The molecule has 1 rings (SSSR count). The first-order valence-corrected chi connectivity index (χ1v) is 8.18. The number of halogens is 3. The van der Waals surface area contributed by atoms with Crippen LogP contribution in [0.3, 0.4) is 0 Å². The fraction of sp³-hybridized carbons (Fsp3) is 0.364. The molecular weight excluding hydrogens is 423 g/mol. The lowest BCUT2D eigenvalue weighted by Crippen LogP contribution is -2.28. The second-order valence-corrected chi connectivity index (χ2v) is 6.74. The zero-order chi connectivity index (χ0) is 16.0. The van der Waals surface area contributed by atoms with Crippen molar-refractivity contribution in [2.24, 2.45) is 0 Å². The first-order valence-electron chi connectivity index (χ1n) is 5.62. The number of carbonyl (C=O) groups is 1. The lowest BCUT2D eigenvalue weighted by molar-refractivity contribution is 0.0199. The van der Waals surface area contributed by atoms with Gasteiger partial charge in [0.05, 0.1) is 17.1 Å². The largest absolute Gasteiger partial charge is 0.478 e. The first kappa shape index (κ1) is 18.2. The maximum atomic E-state index is 11.9. The van der Waals surface area contributed by atoms with E-state index >= 15 is 0 Å². The maximum Gasteiger partial charge on any atom is 0.336 e. The highest BCUT2D eigenvalue weighted by molar-refractivity contribution is 14.1. The van der Waals surface area contributed by atoms with Gasteiger partial charge in [0.2, 0.25) is 10.0 Å². The number of alkyl halides is 2. The van der Waals surface area contributed by atoms with E-state index in [0.29, 0.717) is 3.57 Å². The number of ether oxygens (including phenoxy) is 1. The summed E-state index contributed by atoms with van der Waals surface area (Å²) in [6.07, 6.45) is -2.61. The Morgan fingerprint density at radius 1 is 1.43 bits per heavy atom. The molecule has 0 fully saturated rings. The highest BCUT2D eigenvalue weighted by Gasteiger charge is 2.17. The van der Waals surface area contributed by atoms with Crippen molar-refractivity contribution in [3.8, 4) is 0 Å². The van der Waals surface area contributed by atoms with Crippen molar-refractivity contribution in [3.05, 3.63) is 27.3 Å². The van der Waals surface area contributed by atoms with Gasteiger partial charge in [0.25, 0.3) is 6.43 Å². The smallest absolute Gasteiger partial charge is 0.336 e. The Hall–Kier alpha value is -0.850. The van der Waals surface area contributed by atoms with Gasteiger partial charge in [-0.15, -0.1) is 0 Å². The van der Waals surface area contributed by atoms with E-state index in [0.717, 1.165) is 6.07 Å². The monoisotopic (exact) mass is 435 g/mol. The summed E-state index contributed by atoms with van der Waals surface area (Å²) in [5, 5.41) is 8.94. The van der Waals surface area contributed by atoms with E-state index < -0.39 is 29.0 Å². The predicted octanol–water partition coefficient (Wildman–Crippen LogP) is 1.55. The lowest BCUT2D eigenvalue weighted by atomic mass is 10.2. The lowest BCUT2D eigenvalue weighted by Gasteiger charge is -2.08. The Bertz CT molecular complexity index is 609. The number of rotatable bonds is 8. The van der Waals surface area contributed by atoms with E-state index in [1.54, 1.807) is 22.6 Å². The first-order chi connectivity index (χ1) is 9.74. The zero-order valence-corrected chi connectivity index (χ0v) is 13.5. The summed E-state index contributed by atoms with van der Waals surface area (Å²) in [4.78, 5) is 10.7. The van der Waals surface area contributed by atoms with Gasteiger partial charge in [-0.25, -0.2) is 26.7 Å². The number of hydrogen-bond acceptors (Lipinski definition) is 4. The molecule has 0 heterocycles. The molecule has 6 nitrogen and oxygen atoms in total. The van der Waals surface area contributed by atoms with Crippen LogP contribution in [0.25, 0.3) is 0 Å². The van der Waals surface area contributed by atoms with E-state index in [1.165, 1.54) is 12.1 Å². The molecule has 0 aromatic heterocycles. The number of carboxylic acid groups (broad SMARTS) is 1. The van der Waals surface area contributed by atoms with E-state index in [1.807, 2.05) is 0 Å². The van der Waals surface area contributed by atoms with Crippen molar-refractivity contribution in [2.45, 2.75) is 11.3 Å². The van der Waals surface area contributed by atoms with Crippen LogP contribution in [0.4, 0.5) is 8.78 Å². The van der Waals surface area contributed by atoms with Crippen molar-refractivity contribution in [3.63, 3.8) is 0 Å². The van der Waals surface area contributed by atoms with Gasteiger partial charge in [-0.05, 0) is 40.8 Å². The quantitative estimate of drug-likeness (QED) is 0.478. The second-order valence-electron chi connectivity index (χ2n) is 3.81. The van der Waals surface area contributed by atoms with Crippen LogP contribution in [0.2, 0.25) is 0 Å². The van der Waals surface area contributed by atoms with E-state index in [4.69, 9.17) is 5.11 Å². The Labute approximate surface area is 133 Å². The van der Waals surface area contributed by atoms with Crippen LogP contribution < -0.4 is 4.72 Å². The summed E-state index contributed by atoms with van der Waals surface area (Å²) < 4.78 is 54.5. The minimum Gasteiger partial charge on any atom is -0.478 e. The van der Waals surface area contributed by atoms with Crippen LogP contribution in [-0.2, 0) is 14.8 Å². The normalized spacial score (nSPS) is 11.8. The summed E-state index contributed by atoms with van der Waals surface area (Å²) in [6.45, 7) is -1.17. The van der Waals surface area contributed by atoms with Crippen LogP contribution in [-0.4, -0.2) is 45.7 Å². The molecule has 0 atom stereocenters. The predicted molar refractivity (Wildman–Crippen MR) is 78.1 cm³/mol. The summed E-state index contributed by atoms with van der Waals surface area (Å²) >= 11 is 1.78. The Balaban J connectivity index is 2.70. The van der Waals surface area contributed by atoms with Gasteiger partial charge >= 0.3 is 5.97 Å². The molecule has 0 spiro atoms. The van der Waals surface area contributed by atoms with Crippen molar-refractivity contribution >= 4 is 38.6 Å². The molecule has 0 bridgehead atoms. The van der Waals surface area contributed by atoms with Gasteiger partial charge in [-0.2, -0.15) is 0 Å². The number of carboxylic acids is 1. The van der Waals surface area contributed by atoms with Gasteiger partial charge in [-0.3, -0.25) is 0 Å². The third-order valence-corrected chi connectivity index (χ3v) is 4.66. The van der Waals surface area contributed by atoms with Crippen molar-refractivity contribution in [1.29, 1.82) is 0 Å². The molecule has 0 saturated heterocycles. The van der Waals surface area contributed by atoms with Gasteiger partial charge < -0.3 is 9.84 Å². The summed E-state index contributed by atoms with van der Waals surface area (Å²) in [5.74, 6) is -1.24. The summed E-state index contributed by atoms with van der Waals surface area (Å²) in [7, 11) is -3.92. The Kier molecular flexibility index (Phi) is 6.90. The molecule has 0 amide bonds. The van der Waals surface area contributed by atoms with Gasteiger partial charge in [0.15, 0.2) is 0 Å². The van der Waals surface area contributed by atoms with Crippen LogP contribution in [0.15, 0.2) is 23.1 Å². The number of aromatic carboxylic acids is 1. The minimum atomic E-state index is -3.92. The zero-order valence-electron chi connectivity index (χ0n) is 10.6. The van der Waals surface area contributed by atoms with Gasteiger partial charge in [-0.1, -0.05) is 0 Å². The molecule has 21 heavy (non-hydrogen) atoms. The highest BCUT2D eigenvalue weighted by Crippen LogP contribution is 2.17. The minimum absolute atomic E-state index is 0.132. The SMILES string of the molecule is O=C(O)c1cc(S(=O)(=O)NCCOCC(F)F)ccc1I. The van der Waals surface area contributed by atoms with Gasteiger partial charge in [0, 0.05) is 10.1 Å². The van der Waals surface area contributed by atoms with Gasteiger partial charge in [0.1, 0.15) is 6.61 Å². The molecule has 0 radical (unpaired) electrons. The van der Waals surface area contributed by atoms with Crippen molar-refractivity contribution in [1.82, 2.24) is 4.72 Å². The molecule has 2 N–H and O–H groups in total. The topological polar surface area (TPSA) is 92.7 Å². The molecule has 1 aromatic rings. The average molecular weight is 435 g/mol.